The SMILES string of the molecule is CC(C)(C)OC1CN(CC(N)=O)CC1N. The maximum atomic E-state index is 10.8. The average Bonchev–Trinajstić information content (AvgIpc) is 2.26. The predicted octanol–water partition coefficient (Wildman–Crippen LogP) is -0.702. The van der Waals surface area contributed by atoms with Gasteiger partial charge < -0.3 is 16.2 Å². The van der Waals surface area contributed by atoms with E-state index in [1.54, 1.807) is 0 Å². The van der Waals surface area contributed by atoms with E-state index in [1.807, 2.05) is 25.7 Å². The van der Waals surface area contributed by atoms with E-state index in [1.165, 1.54) is 0 Å². The van der Waals surface area contributed by atoms with Crippen molar-refractivity contribution in [3.05, 3.63) is 0 Å². The molecule has 5 heteroatoms. The molecular formula is C10H21N3O2. The van der Waals surface area contributed by atoms with Crippen molar-refractivity contribution in [2.45, 2.75) is 38.5 Å². The highest BCUT2D eigenvalue weighted by Crippen LogP contribution is 2.18. The molecule has 1 saturated heterocycles. The number of primary amides is 1. The van der Waals surface area contributed by atoms with Crippen LogP contribution in [-0.4, -0.2) is 48.2 Å². The molecule has 0 radical (unpaired) electrons. The number of likely N-dealkylation sites (tertiary alicyclic amines) is 1. The van der Waals surface area contributed by atoms with Crippen molar-refractivity contribution in [2.24, 2.45) is 11.5 Å². The van der Waals surface area contributed by atoms with Gasteiger partial charge in [0, 0.05) is 19.1 Å². The Kier molecular flexibility index (Phi) is 3.70. The van der Waals surface area contributed by atoms with Gasteiger partial charge in [-0.05, 0) is 20.8 Å². The van der Waals surface area contributed by atoms with Gasteiger partial charge in [0.2, 0.25) is 5.91 Å². The highest BCUT2D eigenvalue weighted by molar-refractivity contribution is 5.75. The number of nitrogens with zero attached hydrogens (tertiary/aromatic N) is 1. The van der Waals surface area contributed by atoms with Gasteiger partial charge in [0.1, 0.15) is 0 Å². The zero-order chi connectivity index (χ0) is 11.6. The summed E-state index contributed by atoms with van der Waals surface area (Å²) >= 11 is 0. The quantitative estimate of drug-likeness (QED) is 0.652. The first kappa shape index (κ1) is 12.4. The summed E-state index contributed by atoms with van der Waals surface area (Å²) in [6.07, 6.45) is -0.00986. The summed E-state index contributed by atoms with van der Waals surface area (Å²) in [6.45, 7) is 7.60. The van der Waals surface area contributed by atoms with E-state index < -0.39 is 0 Å². The molecule has 1 heterocycles. The number of ether oxygens (including phenoxy) is 1. The fourth-order valence-electron chi connectivity index (χ4n) is 1.81. The van der Waals surface area contributed by atoms with Gasteiger partial charge in [-0.1, -0.05) is 0 Å². The summed E-state index contributed by atoms with van der Waals surface area (Å²) in [6, 6.07) is -0.0384. The average molecular weight is 215 g/mol. The number of hydrogen-bond acceptors (Lipinski definition) is 4. The molecule has 0 aromatic heterocycles. The minimum Gasteiger partial charge on any atom is -0.370 e. The molecule has 2 unspecified atom stereocenters. The number of amides is 1. The molecule has 1 amide bonds. The third-order valence-corrected chi connectivity index (χ3v) is 2.27. The largest absolute Gasteiger partial charge is 0.370 e. The summed E-state index contributed by atoms with van der Waals surface area (Å²) < 4.78 is 5.80. The summed E-state index contributed by atoms with van der Waals surface area (Å²) in [5.74, 6) is -0.321. The van der Waals surface area contributed by atoms with E-state index in [0.717, 1.165) is 0 Å². The van der Waals surface area contributed by atoms with E-state index in [9.17, 15) is 4.79 Å². The molecule has 1 aliphatic heterocycles. The first-order valence-electron chi connectivity index (χ1n) is 5.22. The Bertz CT molecular complexity index is 237. The van der Waals surface area contributed by atoms with Gasteiger partial charge in [0.15, 0.2) is 0 Å². The van der Waals surface area contributed by atoms with E-state index in [4.69, 9.17) is 16.2 Å². The Labute approximate surface area is 90.7 Å². The molecule has 15 heavy (non-hydrogen) atoms. The van der Waals surface area contributed by atoms with Gasteiger partial charge in [0.05, 0.1) is 18.2 Å². The normalized spacial score (nSPS) is 28.3. The van der Waals surface area contributed by atoms with Crippen LogP contribution in [0, 0.1) is 0 Å². The van der Waals surface area contributed by atoms with Crippen LogP contribution in [0.15, 0.2) is 0 Å². The topological polar surface area (TPSA) is 81.6 Å². The molecule has 0 spiro atoms. The molecule has 1 rings (SSSR count). The fraction of sp³-hybridized carbons (Fsp3) is 0.900. The van der Waals surface area contributed by atoms with Crippen molar-refractivity contribution in [1.82, 2.24) is 4.90 Å². The second kappa shape index (κ2) is 4.47. The lowest BCUT2D eigenvalue weighted by molar-refractivity contribution is -0.119. The molecule has 1 aliphatic rings. The van der Waals surface area contributed by atoms with Crippen LogP contribution in [0.1, 0.15) is 20.8 Å². The Morgan fingerprint density at radius 2 is 2.07 bits per heavy atom. The standard InChI is InChI=1S/C10H21N3O2/c1-10(2,3)15-8-5-13(4-7(8)11)6-9(12)14/h7-8H,4-6,11H2,1-3H3,(H2,12,14). The fourth-order valence-corrected chi connectivity index (χ4v) is 1.81. The second-order valence-electron chi connectivity index (χ2n) is 5.09. The number of hydrogen-bond donors (Lipinski definition) is 2. The van der Waals surface area contributed by atoms with Crippen molar-refractivity contribution >= 4 is 5.91 Å². The highest BCUT2D eigenvalue weighted by atomic mass is 16.5. The Morgan fingerprint density at radius 3 is 2.53 bits per heavy atom. The molecule has 0 aromatic carbocycles. The third kappa shape index (κ3) is 4.15. The molecule has 0 aromatic rings. The smallest absolute Gasteiger partial charge is 0.231 e. The lowest BCUT2D eigenvalue weighted by atomic mass is 10.1. The van der Waals surface area contributed by atoms with Gasteiger partial charge in [-0.2, -0.15) is 0 Å². The summed E-state index contributed by atoms with van der Waals surface area (Å²) in [7, 11) is 0. The van der Waals surface area contributed by atoms with Crippen molar-refractivity contribution in [3.63, 3.8) is 0 Å². The van der Waals surface area contributed by atoms with E-state index in [-0.39, 0.29) is 30.2 Å². The van der Waals surface area contributed by atoms with Gasteiger partial charge in [0.25, 0.3) is 0 Å². The van der Waals surface area contributed by atoms with Gasteiger partial charge in [-0.3, -0.25) is 9.69 Å². The minimum atomic E-state index is -0.321. The van der Waals surface area contributed by atoms with Crippen LogP contribution in [0.4, 0.5) is 0 Å². The second-order valence-corrected chi connectivity index (χ2v) is 5.09. The lowest BCUT2D eigenvalue weighted by Gasteiger charge is -2.26. The van der Waals surface area contributed by atoms with Gasteiger partial charge >= 0.3 is 0 Å². The first-order chi connectivity index (χ1) is 6.78. The van der Waals surface area contributed by atoms with Crippen LogP contribution in [0.25, 0.3) is 0 Å². The Morgan fingerprint density at radius 1 is 1.47 bits per heavy atom. The molecule has 0 bridgehead atoms. The number of carbonyl (C=O) groups excluding carboxylic acids is 1. The Balaban J connectivity index is 2.46. The minimum absolute atomic E-state index is 0.00986. The predicted molar refractivity (Wildman–Crippen MR) is 58.2 cm³/mol. The van der Waals surface area contributed by atoms with Crippen LogP contribution in [-0.2, 0) is 9.53 Å². The van der Waals surface area contributed by atoms with Crippen LogP contribution >= 0.6 is 0 Å². The summed E-state index contributed by atoms with van der Waals surface area (Å²) in [4.78, 5) is 12.7. The highest BCUT2D eigenvalue weighted by Gasteiger charge is 2.33. The number of carbonyl (C=O) groups is 1. The van der Waals surface area contributed by atoms with Crippen LogP contribution in [0.5, 0.6) is 0 Å². The molecule has 2 atom stereocenters. The first-order valence-corrected chi connectivity index (χ1v) is 5.22. The maximum Gasteiger partial charge on any atom is 0.231 e. The molecule has 0 aliphatic carbocycles. The number of rotatable bonds is 3. The Hall–Kier alpha value is -0.650. The van der Waals surface area contributed by atoms with Crippen molar-refractivity contribution in [3.8, 4) is 0 Å². The van der Waals surface area contributed by atoms with E-state index in [0.29, 0.717) is 13.1 Å². The van der Waals surface area contributed by atoms with Gasteiger partial charge in [-0.25, -0.2) is 0 Å². The molecule has 5 nitrogen and oxygen atoms in total. The monoisotopic (exact) mass is 215 g/mol. The zero-order valence-electron chi connectivity index (χ0n) is 9.69. The van der Waals surface area contributed by atoms with Gasteiger partial charge in [-0.15, -0.1) is 0 Å². The van der Waals surface area contributed by atoms with Crippen LogP contribution in [0.3, 0.4) is 0 Å². The third-order valence-electron chi connectivity index (χ3n) is 2.27. The summed E-state index contributed by atoms with van der Waals surface area (Å²) in [5.41, 5.74) is 10.9. The van der Waals surface area contributed by atoms with E-state index >= 15 is 0 Å². The summed E-state index contributed by atoms with van der Waals surface area (Å²) in [5, 5.41) is 0. The zero-order valence-corrected chi connectivity index (χ0v) is 9.69. The van der Waals surface area contributed by atoms with E-state index in [2.05, 4.69) is 0 Å². The van der Waals surface area contributed by atoms with Crippen molar-refractivity contribution in [2.75, 3.05) is 19.6 Å². The molecule has 1 fully saturated rings. The van der Waals surface area contributed by atoms with Crippen LogP contribution < -0.4 is 11.5 Å². The van der Waals surface area contributed by atoms with Crippen molar-refractivity contribution < 1.29 is 9.53 Å². The molecular weight excluding hydrogens is 194 g/mol. The molecule has 0 saturated carbocycles. The molecule has 88 valence electrons. The maximum absolute atomic E-state index is 10.8. The lowest BCUT2D eigenvalue weighted by Crippen LogP contribution is -2.40. The number of nitrogens with two attached hydrogens (primary N) is 2. The van der Waals surface area contributed by atoms with Crippen LogP contribution in [0.2, 0.25) is 0 Å². The van der Waals surface area contributed by atoms with Crippen molar-refractivity contribution in [1.29, 1.82) is 0 Å². The molecule has 4 N–H and O–H groups in total.